The molecule has 5 heteroatoms. The summed E-state index contributed by atoms with van der Waals surface area (Å²) in [5.74, 6) is 1.38. The van der Waals surface area contributed by atoms with Crippen molar-refractivity contribution in [2.45, 2.75) is 13.5 Å². The van der Waals surface area contributed by atoms with E-state index in [1.165, 1.54) is 0 Å². The van der Waals surface area contributed by atoms with E-state index in [9.17, 15) is 4.79 Å². The van der Waals surface area contributed by atoms with Crippen LogP contribution in [0.5, 0.6) is 11.5 Å². The smallest absolute Gasteiger partial charge is 0.251 e. The van der Waals surface area contributed by atoms with Crippen LogP contribution in [0.4, 0.5) is 5.69 Å². The fraction of sp³-hybridized carbons (Fsp3) is 0.316. The molecule has 0 saturated carbocycles. The van der Waals surface area contributed by atoms with Crippen molar-refractivity contribution in [3.8, 4) is 11.5 Å². The number of aryl methyl sites for hydroxylation is 1. The van der Waals surface area contributed by atoms with Crippen LogP contribution in [0.2, 0.25) is 0 Å². The average Bonchev–Trinajstić information content (AvgIpc) is 2.60. The van der Waals surface area contributed by atoms with E-state index >= 15 is 0 Å². The summed E-state index contributed by atoms with van der Waals surface area (Å²) >= 11 is 0. The van der Waals surface area contributed by atoms with Crippen LogP contribution in [-0.4, -0.2) is 34.2 Å². The molecule has 0 spiro atoms. The zero-order valence-electron chi connectivity index (χ0n) is 14.8. The van der Waals surface area contributed by atoms with Gasteiger partial charge in [0.25, 0.3) is 5.91 Å². The van der Waals surface area contributed by atoms with Gasteiger partial charge in [0.2, 0.25) is 0 Å². The Kier molecular flexibility index (Phi) is 5.68. The van der Waals surface area contributed by atoms with Crippen molar-refractivity contribution in [1.29, 1.82) is 0 Å². The number of benzene rings is 2. The molecule has 128 valence electrons. The Hall–Kier alpha value is -2.69. The quantitative estimate of drug-likeness (QED) is 0.886. The van der Waals surface area contributed by atoms with Gasteiger partial charge >= 0.3 is 0 Å². The second kappa shape index (κ2) is 7.73. The second-order valence-electron chi connectivity index (χ2n) is 5.76. The summed E-state index contributed by atoms with van der Waals surface area (Å²) in [5.41, 5.74) is 3.54. The van der Waals surface area contributed by atoms with Crippen LogP contribution < -0.4 is 19.7 Å². The van der Waals surface area contributed by atoms with E-state index in [1.54, 1.807) is 14.2 Å². The molecule has 0 fully saturated rings. The third-order valence-electron chi connectivity index (χ3n) is 3.88. The van der Waals surface area contributed by atoms with Crippen LogP contribution in [0, 0.1) is 6.92 Å². The molecule has 2 aromatic carbocycles. The SMILES string of the molecule is COc1cc(CNC(=O)c2ccc(N(C)C)cc2)c(OC)cc1C. The van der Waals surface area contributed by atoms with E-state index < -0.39 is 0 Å². The zero-order valence-corrected chi connectivity index (χ0v) is 14.8. The highest BCUT2D eigenvalue weighted by Crippen LogP contribution is 2.28. The lowest BCUT2D eigenvalue weighted by Gasteiger charge is -2.14. The Morgan fingerprint density at radius 1 is 1.04 bits per heavy atom. The van der Waals surface area contributed by atoms with Crippen molar-refractivity contribution in [1.82, 2.24) is 5.32 Å². The largest absolute Gasteiger partial charge is 0.496 e. The van der Waals surface area contributed by atoms with E-state index in [0.717, 1.165) is 28.3 Å². The number of carbonyl (C=O) groups is 1. The van der Waals surface area contributed by atoms with Crippen molar-refractivity contribution in [3.63, 3.8) is 0 Å². The fourth-order valence-corrected chi connectivity index (χ4v) is 2.44. The Labute approximate surface area is 143 Å². The standard InChI is InChI=1S/C19H24N2O3/c1-13-10-18(24-5)15(11-17(13)23-4)12-20-19(22)14-6-8-16(9-7-14)21(2)3/h6-11H,12H2,1-5H3,(H,20,22). The normalized spacial score (nSPS) is 10.2. The first-order valence-electron chi connectivity index (χ1n) is 7.73. The molecule has 0 aromatic heterocycles. The summed E-state index contributed by atoms with van der Waals surface area (Å²) in [6, 6.07) is 11.3. The Morgan fingerprint density at radius 2 is 1.67 bits per heavy atom. The molecular weight excluding hydrogens is 304 g/mol. The van der Waals surface area contributed by atoms with Gasteiger partial charge in [0, 0.05) is 37.5 Å². The van der Waals surface area contributed by atoms with Crippen LogP contribution in [0.3, 0.4) is 0 Å². The lowest BCUT2D eigenvalue weighted by Crippen LogP contribution is -2.23. The maximum Gasteiger partial charge on any atom is 0.251 e. The highest BCUT2D eigenvalue weighted by Gasteiger charge is 2.11. The molecule has 0 unspecified atom stereocenters. The molecule has 0 aliphatic rings. The average molecular weight is 328 g/mol. The minimum Gasteiger partial charge on any atom is -0.496 e. The monoisotopic (exact) mass is 328 g/mol. The summed E-state index contributed by atoms with van der Waals surface area (Å²) in [7, 11) is 7.17. The van der Waals surface area contributed by atoms with Gasteiger partial charge in [-0.3, -0.25) is 4.79 Å². The number of ether oxygens (including phenoxy) is 2. The predicted molar refractivity (Wildman–Crippen MR) is 96.2 cm³/mol. The molecule has 0 aliphatic heterocycles. The lowest BCUT2D eigenvalue weighted by molar-refractivity contribution is 0.0950. The minimum absolute atomic E-state index is 0.123. The van der Waals surface area contributed by atoms with Gasteiger partial charge in [0.05, 0.1) is 14.2 Å². The van der Waals surface area contributed by atoms with Crippen molar-refractivity contribution >= 4 is 11.6 Å². The van der Waals surface area contributed by atoms with Crippen molar-refractivity contribution in [2.75, 3.05) is 33.2 Å². The number of methoxy groups -OCH3 is 2. The second-order valence-corrected chi connectivity index (χ2v) is 5.76. The predicted octanol–water partition coefficient (Wildman–Crippen LogP) is 3.01. The van der Waals surface area contributed by atoms with E-state index in [4.69, 9.17) is 9.47 Å². The molecule has 0 heterocycles. The maximum absolute atomic E-state index is 12.3. The first-order valence-corrected chi connectivity index (χ1v) is 7.73. The van der Waals surface area contributed by atoms with Gasteiger partial charge in [-0.1, -0.05) is 0 Å². The van der Waals surface area contributed by atoms with Gasteiger partial charge in [0.15, 0.2) is 0 Å². The third-order valence-corrected chi connectivity index (χ3v) is 3.88. The number of carbonyl (C=O) groups excluding carboxylic acids is 1. The van der Waals surface area contributed by atoms with Crippen molar-refractivity contribution in [3.05, 3.63) is 53.1 Å². The number of hydrogen-bond donors (Lipinski definition) is 1. The van der Waals surface area contributed by atoms with Crippen molar-refractivity contribution in [2.24, 2.45) is 0 Å². The lowest BCUT2D eigenvalue weighted by atomic mass is 10.1. The molecule has 2 rings (SSSR count). The Balaban J connectivity index is 2.11. The molecule has 1 N–H and O–H groups in total. The number of hydrogen-bond acceptors (Lipinski definition) is 4. The van der Waals surface area contributed by atoms with Gasteiger partial charge in [-0.05, 0) is 48.9 Å². The number of rotatable bonds is 6. The minimum atomic E-state index is -0.123. The first kappa shape index (κ1) is 17.7. The molecule has 0 aliphatic carbocycles. The van der Waals surface area contributed by atoms with Gasteiger partial charge in [-0.15, -0.1) is 0 Å². The molecular formula is C19H24N2O3. The summed E-state index contributed by atoms with van der Waals surface area (Å²) in [5, 5.41) is 2.92. The third kappa shape index (κ3) is 3.98. The summed E-state index contributed by atoms with van der Waals surface area (Å²) in [4.78, 5) is 14.3. The molecule has 1 amide bonds. The fourth-order valence-electron chi connectivity index (χ4n) is 2.44. The molecule has 24 heavy (non-hydrogen) atoms. The summed E-state index contributed by atoms with van der Waals surface area (Å²) in [6.45, 7) is 2.32. The number of nitrogens with zero attached hydrogens (tertiary/aromatic N) is 1. The molecule has 5 nitrogen and oxygen atoms in total. The van der Waals surface area contributed by atoms with Crippen LogP contribution >= 0.6 is 0 Å². The van der Waals surface area contributed by atoms with Gasteiger partial charge in [0.1, 0.15) is 11.5 Å². The maximum atomic E-state index is 12.3. The Morgan fingerprint density at radius 3 is 2.21 bits per heavy atom. The summed E-state index contributed by atoms with van der Waals surface area (Å²) < 4.78 is 10.7. The van der Waals surface area contributed by atoms with Gasteiger partial charge in [-0.25, -0.2) is 0 Å². The van der Waals surface area contributed by atoms with Crippen LogP contribution in [-0.2, 0) is 6.54 Å². The topological polar surface area (TPSA) is 50.8 Å². The van der Waals surface area contributed by atoms with Crippen molar-refractivity contribution < 1.29 is 14.3 Å². The van der Waals surface area contributed by atoms with Crippen LogP contribution in [0.25, 0.3) is 0 Å². The Bertz CT molecular complexity index is 709. The number of nitrogens with one attached hydrogen (secondary N) is 1. The van der Waals surface area contributed by atoms with Crippen LogP contribution in [0.1, 0.15) is 21.5 Å². The molecule has 0 radical (unpaired) electrons. The van der Waals surface area contributed by atoms with E-state index in [0.29, 0.717) is 12.1 Å². The molecule has 0 saturated heterocycles. The number of anilines is 1. The van der Waals surface area contributed by atoms with E-state index in [2.05, 4.69) is 5.32 Å². The first-order chi connectivity index (χ1) is 11.5. The molecule has 2 aromatic rings. The molecule has 0 atom stereocenters. The van der Waals surface area contributed by atoms with Gasteiger partial charge < -0.3 is 19.7 Å². The van der Waals surface area contributed by atoms with E-state index in [-0.39, 0.29) is 5.91 Å². The zero-order chi connectivity index (χ0) is 17.7. The number of amides is 1. The highest BCUT2D eigenvalue weighted by atomic mass is 16.5. The van der Waals surface area contributed by atoms with E-state index in [1.807, 2.05) is 62.3 Å². The highest BCUT2D eigenvalue weighted by molar-refractivity contribution is 5.94. The van der Waals surface area contributed by atoms with Gasteiger partial charge in [-0.2, -0.15) is 0 Å². The molecule has 0 bridgehead atoms. The summed E-state index contributed by atoms with van der Waals surface area (Å²) in [6.07, 6.45) is 0. The van der Waals surface area contributed by atoms with Crippen LogP contribution in [0.15, 0.2) is 36.4 Å².